The largest absolute Gasteiger partial charge is 0.396 e. The minimum absolute atomic E-state index is 0.188. The molecule has 1 aromatic heterocycles. The summed E-state index contributed by atoms with van der Waals surface area (Å²) >= 11 is 1.53. The van der Waals surface area contributed by atoms with Crippen LogP contribution in [0, 0.1) is 6.92 Å². The molecule has 0 saturated heterocycles. The van der Waals surface area contributed by atoms with Gasteiger partial charge in [0.05, 0.1) is 11.6 Å². The van der Waals surface area contributed by atoms with Gasteiger partial charge in [0, 0.05) is 11.9 Å². The zero-order valence-corrected chi connectivity index (χ0v) is 7.14. The van der Waals surface area contributed by atoms with Gasteiger partial charge in [0.1, 0.15) is 5.82 Å². The highest BCUT2D eigenvalue weighted by Crippen LogP contribution is 2.12. The minimum Gasteiger partial charge on any atom is -0.396 e. The first-order valence-corrected chi connectivity index (χ1v) is 4.35. The summed E-state index contributed by atoms with van der Waals surface area (Å²) in [5.41, 5.74) is 0. The van der Waals surface area contributed by atoms with E-state index in [0.717, 1.165) is 10.9 Å². The van der Waals surface area contributed by atoms with E-state index in [0.29, 0.717) is 5.75 Å². The molecule has 0 radical (unpaired) electrons. The van der Waals surface area contributed by atoms with Gasteiger partial charge < -0.3 is 5.11 Å². The number of aliphatic hydroxyl groups is 1. The molecule has 1 rings (SSSR count). The predicted molar refractivity (Wildman–Crippen MR) is 44.6 cm³/mol. The lowest BCUT2D eigenvalue weighted by molar-refractivity contribution is 0.322. The summed E-state index contributed by atoms with van der Waals surface area (Å²) in [5.74, 6) is 1.46. The molecule has 60 valence electrons. The maximum Gasteiger partial charge on any atom is 0.126 e. The maximum atomic E-state index is 8.53. The molecule has 0 unspecified atom stereocenters. The third kappa shape index (κ3) is 2.86. The molecule has 1 heterocycles. The molecule has 0 aromatic carbocycles. The van der Waals surface area contributed by atoms with Crippen molar-refractivity contribution in [1.29, 1.82) is 0 Å². The Hall–Kier alpha value is -0.610. The van der Waals surface area contributed by atoms with Gasteiger partial charge >= 0.3 is 0 Å². The van der Waals surface area contributed by atoms with E-state index in [9.17, 15) is 0 Å². The smallest absolute Gasteiger partial charge is 0.126 e. The van der Waals surface area contributed by atoms with Crippen molar-refractivity contribution < 1.29 is 5.11 Å². The molecule has 0 spiro atoms. The summed E-state index contributed by atoms with van der Waals surface area (Å²) < 4.78 is 0. The summed E-state index contributed by atoms with van der Waals surface area (Å²) in [4.78, 5) is 8.11. The fraction of sp³-hybridized carbons (Fsp3) is 0.429. The summed E-state index contributed by atoms with van der Waals surface area (Å²) in [7, 11) is 0. The molecule has 0 atom stereocenters. The summed E-state index contributed by atoms with van der Waals surface area (Å²) in [5, 5.41) is 9.46. The maximum absolute atomic E-state index is 8.53. The van der Waals surface area contributed by atoms with Crippen LogP contribution in [0.4, 0.5) is 0 Å². The van der Waals surface area contributed by atoms with E-state index in [1.165, 1.54) is 11.8 Å². The number of thioether (sulfide) groups is 1. The van der Waals surface area contributed by atoms with E-state index in [1.54, 1.807) is 6.20 Å². The standard InChI is InChI=1S/C7H10N2OS/c1-6-8-3-2-7(9-6)11-5-4-10/h2-3,10H,4-5H2,1H3. The van der Waals surface area contributed by atoms with Crippen LogP contribution in [-0.4, -0.2) is 27.4 Å². The van der Waals surface area contributed by atoms with Crippen molar-refractivity contribution in [2.24, 2.45) is 0 Å². The van der Waals surface area contributed by atoms with Crippen LogP contribution in [0.5, 0.6) is 0 Å². The lowest BCUT2D eigenvalue weighted by atomic mass is 10.6. The monoisotopic (exact) mass is 170 g/mol. The molecule has 1 N–H and O–H groups in total. The van der Waals surface area contributed by atoms with Crippen LogP contribution in [-0.2, 0) is 0 Å². The van der Waals surface area contributed by atoms with Crippen molar-refractivity contribution in [3.8, 4) is 0 Å². The van der Waals surface area contributed by atoms with Crippen LogP contribution in [0.15, 0.2) is 17.3 Å². The zero-order chi connectivity index (χ0) is 8.10. The second-order valence-electron chi connectivity index (χ2n) is 2.01. The Balaban J connectivity index is 2.56. The first-order valence-electron chi connectivity index (χ1n) is 3.36. The van der Waals surface area contributed by atoms with E-state index < -0.39 is 0 Å². The minimum atomic E-state index is 0.188. The van der Waals surface area contributed by atoms with Crippen LogP contribution in [0.1, 0.15) is 5.82 Å². The van der Waals surface area contributed by atoms with Gasteiger partial charge in [-0.15, -0.1) is 11.8 Å². The normalized spacial score (nSPS) is 10.0. The van der Waals surface area contributed by atoms with Crippen LogP contribution in [0.3, 0.4) is 0 Å². The highest BCUT2D eigenvalue weighted by atomic mass is 32.2. The Morgan fingerprint density at radius 2 is 2.45 bits per heavy atom. The molecular formula is C7H10N2OS. The van der Waals surface area contributed by atoms with E-state index in [-0.39, 0.29) is 6.61 Å². The van der Waals surface area contributed by atoms with Crippen LogP contribution >= 0.6 is 11.8 Å². The van der Waals surface area contributed by atoms with Crippen molar-refractivity contribution in [3.05, 3.63) is 18.1 Å². The van der Waals surface area contributed by atoms with Crippen molar-refractivity contribution in [3.63, 3.8) is 0 Å². The Bertz CT molecular complexity index is 229. The molecule has 0 aliphatic carbocycles. The Kier molecular flexibility index (Phi) is 3.32. The molecule has 0 amide bonds. The Labute approximate surface area is 69.9 Å². The first-order chi connectivity index (χ1) is 5.33. The van der Waals surface area contributed by atoms with Crippen LogP contribution < -0.4 is 0 Å². The third-order valence-electron chi connectivity index (χ3n) is 1.09. The van der Waals surface area contributed by atoms with Crippen LogP contribution in [0.2, 0.25) is 0 Å². The number of nitrogens with zero attached hydrogens (tertiary/aromatic N) is 2. The highest BCUT2D eigenvalue weighted by molar-refractivity contribution is 7.99. The molecule has 0 aliphatic rings. The van der Waals surface area contributed by atoms with E-state index in [1.807, 2.05) is 13.0 Å². The van der Waals surface area contributed by atoms with Gasteiger partial charge in [0.25, 0.3) is 0 Å². The average molecular weight is 170 g/mol. The van der Waals surface area contributed by atoms with Gasteiger partial charge in [-0.25, -0.2) is 9.97 Å². The number of aryl methyl sites for hydroxylation is 1. The molecule has 4 heteroatoms. The molecule has 0 aliphatic heterocycles. The second-order valence-corrected chi connectivity index (χ2v) is 3.13. The van der Waals surface area contributed by atoms with Gasteiger partial charge in [-0.2, -0.15) is 0 Å². The highest BCUT2D eigenvalue weighted by Gasteiger charge is 1.94. The molecule has 11 heavy (non-hydrogen) atoms. The van der Waals surface area contributed by atoms with Crippen molar-refractivity contribution in [2.45, 2.75) is 11.9 Å². The summed E-state index contributed by atoms with van der Waals surface area (Å²) in [6.45, 7) is 2.04. The average Bonchev–Trinajstić information content (AvgIpc) is 2.01. The van der Waals surface area contributed by atoms with Crippen molar-refractivity contribution in [2.75, 3.05) is 12.4 Å². The topological polar surface area (TPSA) is 46.0 Å². The van der Waals surface area contributed by atoms with Crippen molar-refractivity contribution in [1.82, 2.24) is 9.97 Å². The van der Waals surface area contributed by atoms with Gasteiger partial charge in [-0.05, 0) is 13.0 Å². The lowest BCUT2D eigenvalue weighted by Gasteiger charge is -1.97. The Morgan fingerprint density at radius 3 is 3.09 bits per heavy atom. The van der Waals surface area contributed by atoms with E-state index >= 15 is 0 Å². The van der Waals surface area contributed by atoms with E-state index in [4.69, 9.17) is 5.11 Å². The first kappa shape index (κ1) is 8.49. The molecule has 0 fully saturated rings. The van der Waals surface area contributed by atoms with E-state index in [2.05, 4.69) is 9.97 Å². The second kappa shape index (κ2) is 4.31. The number of hydrogen-bond acceptors (Lipinski definition) is 4. The lowest BCUT2D eigenvalue weighted by Crippen LogP contribution is -1.91. The molecule has 3 nitrogen and oxygen atoms in total. The molecule has 0 saturated carbocycles. The third-order valence-corrected chi connectivity index (χ3v) is 2.00. The zero-order valence-electron chi connectivity index (χ0n) is 6.32. The molecule has 1 aromatic rings. The van der Waals surface area contributed by atoms with Crippen molar-refractivity contribution >= 4 is 11.8 Å². The molecular weight excluding hydrogens is 160 g/mol. The molecule has 0 bridgehead atoms. The van der Waals surface area contributed by atoms with Crippen LogP contribution in [0.25, 0.3) is 0 Å². The summed E-state index contributed by atoms with van der Waals surface area (Å²) in [6.07, 6.45) is 1.72. The van der Waals surface area contributed by atoms with Gasteiger partial charge in [0.15, 0.2) is 0 Å². The fourth-order valence-electron chi connectivity index (χ4n) is 0.665. The Morgan fingerprint density at radius 1 is 1.64 bits per heavy atom. The quantitative estimate of drug-likeness (QED) is 0.540. The number of aliphatic hydroxyl groups excluding tert-OH is 1. The number of rotatable bonds is 3. The number of hydrogen-bond donors (Lipinski definition) is 1. The summed E-state index contributed by atoms with van der Waals surface area (Å²) in [6, 6.07) is 1.84. The fourth-order valence-corrected chi connectivity index (χ4v) is 1.32. The SMILES string of the molecule is Cc1nccc(SCCO)n1. The van der Waals surface area contributed by atoms with Gasteiger partial charge in [-0.3, -0.25) is 0 Å². The number of aromatic nitrogens is 2. The predicted octanol–water partition coefficient (Wildman–Crippen LogP) is 0.869. The van der Waals surface area contributed by atoms with Gasteiger partial charge in [0.2, 0.25) is 0 Å². The van der Waals surface area contributed by atoms with Gasteiger partial charge in [-0.1, -0.05) is 0 Å².